The molecule has 0 spiro atoms. The number of carbonyl (C=O) groups is 1. The molecule has 160 valence electrons. The highest BCUT2D eigenvalue weighted by atomic mass is 16.2. The Hall–Kier alpha value is -2.17. The van der Waals surface area contributed by atoms with Crippen LogP contribution < -0.4 is 11.1 Å². The molecular formula is C26H35N3O. The van der Waals surface area contributed by atoms with Gasteiger partial charge in [0.05, 0.1) is 0 Å². The third kappa shape index (κ3) is 3.91. The van der Waals surface area contributed by atoms with E-state index in [0.29, 0.717) is 6.04 Å². The number of carbonyl (C=O) groups excluding carboxylic acids is 1. The minimum Gasteiger partial charge on any atom is -0.355 e. The molecule has 3 N–H and O–H groups in total. The summed E-state index contributed by atoms with van der Waals surface area (Å²) in [6.07, 6.45) is 6.15. The second-order valence-electron chi connectivity index (χ2n) is 8.89. The molecule has 1 aliphatic heterocycles. The summed E-state index contributed by atoms with van der Waals surface area (Å²) in [6.45, 7) is 6.14. The Morgan fingerprint density at radius 1 is 1.03 bits per heavy atom. The summed E-state index contributed by atoms with van der Waals surface area (Å²) in [7, 11) is 0. The second kappa shape index (κ2) is 9.32. The summed E-state index contributed by atoms with van der Waals surface area (Å²) in [5, 5.41) is 3.23. The summed E-state index contributed by atoms with van der Waals surface area (Å²) in [5.74, 6) is 0.158. The van der Waals surface area contributed by atoms with Crippen molar-refractivity contribution in [1.82, 2.24) is 10.2 Å². The van der Waals surface area contributed by atoms with Gasteiger partial charge < -0.3 is 16.0 Å². The fourth-order valence-corrected chi connectivity index (χ4v) is 5.24. The Bertz CT molecular complexity index is 825. The van der Waals surface area contributed by atoms with Crippen LogP contribution in [0.15, 0.2) is 48.5 Å². The van der Waals surface area contributed by atoms with Crippen molar-refractivity contribution in [2.24, 2.45) is 5.73 Å². The number of nitrogens with two attached hydrogens (primary N) is 1. The number of nitrogens with zero attached hydrogens (tertiary/aromatic N) is 1. The van der Waals surface area contributed by atoms with Gasteiger partial charge in [-0.15, -0.1) is 0 Å². The summed E-state index contributed by atoms with van der Waals surface area (Å²) in [4.78, 5) is 16.2. The molecule has 1 amide bonds. The lowest BCUT2D eigenvalue weighted by Crippen LogP contribution is -2.44. The maximum Gasteiger partial charge on any atom is 0.235 e. The maximum absolute atomic E-state index is 13.6. The van der Waals surface area contributed by atoms with Gasteiger partial charge in [0.2, 0.25) is 5.91 Å². The van der Waals surface area contributed by atoms with Crippen molar-refractivity contribution in [1.29, 1.82) is 0 Å². The van der Waals surface area contributed by atoms with Gasteiger partial charge in [-0.2, -0.15) is 0 Å². The van der Waals surface area contributed by atoms with Crippen LogP contribution in [0.2, 0.25) is 0 Å². The first-order valence-electron chi connectivity index (χ1n) is 11.6. The zero-order valence-electron chi connectivity index (χ0n) is 18.2. The number of hydrogen-bond acceptors (Lipinski definition) is 3. The number of nitrogens with one attached hydrogen (secondary N) is 1. The molecule has 1 saturated heterocycles. The van der Waals surface area contributed by atoms with Crippen LogP contribution in [-0.4, -0.2) is 43.0 Å². The number of hydrogen-bond donors (Lipinski definition) is 2. The van der Waals surface area contributed by atoms with Crippen LogP contribution in [0.4, 0.5) is 0 Å². The van der Waals surface area contributed by atoms with E-state index >= 15 is 0 Å². The first kappa shape index (κ1) is 21.1. The second-order valence-corrected chi connectivity index (χ2v) is 8.89. The molecule has 2 aromatic carbocycles. The molecule has 0 saturated carbocycles. The lowest BCUT2D eigenvalue weighted by atomic mass is 9.73. The average Bonchev–Trinajstić information content (AvgIpc) is 3.07. The standard InChI is InChI=1S/C26H35N3O/c1-2-16-28-25(30)26(15-7-8-17-29-18-13-20(27)14-19-29)23-11-5-3-9-21(23)22-10-4-6-12-24(22)26/h3-6,9-12,20H,2,7-8,13-19,27H2,1H3,(H,28,30). The molecule has 4 rings (SSSR count). The third-order valence-corrected chi connectivity index (χ3v) is 6.90. The van der Waals surface area contributed by atoms with E-state index in [9.17, 15) is 4.79 Å². The van der Waals surface area contributed by atoms with Gasteiger partial charge in [0, 0.05) is 12.6 Å². The lowest BCUT2D eigenvalue weighted by Gasteiger charge is -2.32. The highest BCUT2D eigenvalue weighted by molar-refractivity contribution is 6.00. The number of likely N-dealkylation sites (tertiary alicyclic amines) is 1. The van der Waals surface area contributed by atoms with E-state index in [4.69, 9.17) is 5.73 Å². The molecule has 2 aromatic rings. The van der Waals surface area contributed by atoms with Gasteiger partial charge in [-0.1, -0.05) is 61.9 Å². The number of piperidine rings is 1. The number of benzene rings is 2. The van der Waals surface area contributed by atoms with Crippen molar-refractivity contribution >= 4 is 5.91 Å². The average molecular weight is 406 g/mol. The highest BCUT2D eigenvalue weighted by Crippen LogP contribution is 2.51. The van der Waals surface area contributed by atoms with E-state index in [1.54, 1.807) is 0 Å². The van der Waals surface area contributed by atoms with E-state index in [0.717, 1.165) is 64.7 Å². The Morgan fingerprint density at radius 2 is 1.63 bits per heavy atom. The SMILES string of the molecule is CCCNC(=O)C1(CCCCN2CCC(N)CC2)c2ccccc2-c2ccccc21. The zero-order valence-corrected chi connectivity index (χ0v) is 18.2. The topological polar surface area (TPSA) is 58.4 Å². The summed E-state index contributed by atoms with van der Waals surface area (Å²) < 4.78 is 0. The van der Waals surface area contributed by atoms with Crippen LogP contribution in [0.1, 0.15) is 56.6 Å². The zero-order chi connectivity index (χ0) is 21.0. The predicted molar refractivity (Wildman–Crippen MR) is 123 cm³/mol. The molecule has 0 unspecified atom stereocenters. The van der Waals surface area contributed by atoms with Gasteiger partial charge in [0.1, 0.15) is 5.41 Å². The minimum absolute atomic E-state index is 0.158. The van der Waals surface area contributed by atoms with E-state index in [1.807, 2.05) is 0 Å². The molecule has 1 aliphatic carbocycles. The molecule has 1 fully saturated rings. The van der Waals surface area contributed by atoms with Crippen molar-refractivity contribution in [2.45, 2.75) is 56.9 Å². The fraction of sp³-hybridized carbons (Fsp3) is 0.500. The Labute approximate surface area is 180 Å². The first-order chi connectivity index (χ1) is 14.7. The van der Waals surface area contributed by atoms with Crippen LogP contribution in [0.25, 0.3) is 11.1 Å². The van der Waals surface area contributed by atoms with Gasteiger partial charge >= 0.3 is 0 Å². The van der Waals surface area contributed by atoms with Crippen molar-refractivity contribution < 1.29 is 4.79 Å². The maximum atomic E-state index is 13.6. The largest absolute Gasteiger partial charge is 0.355 e. The van der Waals surface area contributed by atoms with Crippen LogP contribution in [-0.2, 0) is 10.2 Å². The molecule has 4 nitrogen and oxygen atoms in total. The van der Waals surface area contributed by atoms with Gasteiger partial charge in [0.15, 0.2) is 0 Å². The molecular weight excluding hydrogens is 370 g/mol. The molecule has 1 heterocycles. The van der Waals surface area contributed by atoms with Gasteiger partial charge in [0.25, 0.3) is 0 Å². The highest BCUT2D eigenvalue weighted by Gasteiger charge is 2.48. The van der Waals surface area contributed by atoms with Crippen molar-refractivity contribution in [3.05, 3.63) is 59.7 Å². The van der Waals surface area contributed by atoms with E-state index in [-0.39, 0.29) is 5.91 Å². The number of fused-ring (bicyclic) bond motifs is 3. The Morgan fingerprint density at radius 3 is 2.23 bits per heavy atom. The monoisotopic (exact) mass is 405 g/mol. The van der Waals surface area contributed by atoms with Crippen LogP contribution in [0, 0.1) is 0 Å². The predicted octanol–water partition coefficient (Wildman–Crippen LogP) is 4.07. The van der Waals surface area contributed by atoms with E-state index < -0.39 is 5.41 Å². The van der Waals surface area contributed by atoms with E-state index in [2.05, 4.69) is 65.7 Å². The number of rotatable bonds is 8. The normalized spacial score (nSPS) is 18.1. The molecule has 2 aliphatic rings. The Balaban J connectivity index is 1.56. The fourth-order valence-electron chi connectivity index (χ4n) is 5.24. The molecule has 0 radical (unpaired) electrons. The van der Waals surface area contributed by atoms with Crippen LogP contribution in [0.3, 0.4) is 0 Å². The summed E-state index contributed by atoms with van der Waals surface area (Å²) in [5.41, 5.74) is 10.2. The quantitative estimate of drug-likeness (QED) is 0.651. The minimum atomic E-state index is -0.577. The Kier molecular flexibility index (Phi) is 6.55. The van der Waals surface area contributed by atoms with Crippen LogP contribution in [0.5, 0.6) is 0 Å². The van der Waals surface area contributed by atoms with Gasteiger partial charge in [-0.3, -0.25) is 4.79 Å². The summed E-state index contributed by atoms with van der Waals surface area (Å²) >= 11 is 0. The third-order valence-electron chi connectivity index (χ3n) is 6.90. The van der Waals surface area contributed by atoms with Crippen molar-refractivity contribution in [3.63, 3.8) is 0 Å². The number of unbranched alkanes of at least 4 members (excludes halogenated alkanes) is 1. The molecule has 0 atom stereocenters. The number of amides is 1. The summed E-state index contributed by atoms with van der Waals surface area (Å²) in [6, 6.07) is 17.3. The molecule has 0 aromatic heterocycles. The van der Waals surface area contributed by atoms with Gasteiger partial charge in [-0.05, 0) is 74.0 Å². The van der Waals surface area contributed by atoms with Crippen molar-refractivity contribution in [3.8, 4) is 11.1 Å². The lowest BCUT2D eigenvalue weighted by molar-refractivity contribution is -0.125. The molecule has 30 heavy (non-hydrogen) atoms. The smallest absolute Gasteiger partial charge is 0.235 e. The van der Waals surface area contributed by atoms with Gasteiger partial charge in [-0.25, -0.2) is 0 Å². The van der Waals surface area contributed by atoms with Crippen LogP contribution >= 0.6 is 0 Å². The molecule has 0 bridgehead atoms. The van der Waals surface area contributed by atoms with E-state index in [1.165, 1.54) is 22.3 Å². The van der Waals surface area contributed by atoms with Crippen molar-refractivity contribution in [2.75, 3.05) is 26.2 Å². The molecule has 4 heteroatoms. The first-order valence-corrected chi connectivity index (χ1v) is 11.6.